The lowest BCUT2D eigenvalue weighted by Gasteiger charge is -2.03. The van der Waals surface area contributed by atoms with E-state index in [1.807, 2.05) is 0 Å². The van der Waals surface area contributed by atoms with E-state index in [1.165, 1.54) is 14.0 Å². The molecule has 1 aromatic heterocycles. The minimum atomic E-state index is -0.656. The Morgan fingerprint density at radius 1 is 1.67 bits per heavy atom. The molecule has 0 aliphatic carbocycles. The minimum absolute atomic E-state index is 0.195. The highest BCUT2D eigenvalue weighted by Crippen LogP contribution is 2.17. The molecule has 0 saturated heterocycles. The van der Waals surface area contributed by atoms with E-state index in [0.29, 0.717) is 5.56 Å². The zero-order valence-corrected chi connectivity index (χ0v) is 6.80. The molecule has 0 atom stereocenters. The Morgan fingerprint density at radius 2 is 2.33 bits per heavy atom. The fraction of sp³-hybridized carbons (Fsp3) is 0.250. The molecule has 4 heteroatoms. The lowest BCUT2D eigenvalue weighted by molar-refractivity contribution is 0.101. The van der Waals surface area contributed by atoms with Crippen molar-refractivity contribution in [1.29, 1.82) is 0 Å². The maximum absolute atomic E-state index is 12.5. The molecular weight excluding hydrogens is 161 g/mol. The molecule has 0 fully saturated rings. The van der Waals surface area contributed by atoms with Crippen LogP contribution in [0.1, 0.15) is 17.3 Å². The lowest BCUT2D eigenvalue weighted by Crippen LogP contribution is -1.99. The number of hydrogen-bond acceptors (Lipinski definition) is 3. The smallest absolute Gasteiger partial charge is 0.216 e. The second-order valence-corrected chi connectivity index (χ2v) is 2.26. The Kier molecular flexibility index (Phi) is 2.38. The predicted molar refractivity (Wildman–Crippen MR) is 40.8 cm³/mol. The van der Waals surface area contributed by atoms with Crippen molar-refractivity contribution in [3.05, 3.63) is 23.8 Å². The molecule has 64 valence electrons. The van der Waals surface area contributed by atoms with Crippen LogP contribution < -0.4 is 4.74 Å². The number of carbonyl (C=O) groups excluding carboxylic acids is 1. The van der Waals surface area contributed by atoms with Crippen LogP contribution in [0, 0.1) is 5.95 Å². The number of carbonyl (C=O) groups is 1. The molecule has 0 unspecified atom stereocenters. The predicted octanol–water partition coefficient (Wildman–Crippen LogP) is 1.43. The number of hydrogen-bond donors (Lipinski definition) is 0. The zero-order valence-electron chi connectivity index (χ0n) is 6.80. The van der Waals surface area contributed by atoms with Crippen molar-refractivity contribution in [2.45, 2.75) is 6.92 Å². The number of methoxy groups -OCH3 is 1. The van der Waals surface area contributed by atoms with Crippen molar-refractivity contribution < 1.29 is 13.9 Å². The second-order valence-electron chi connectivity index (χ2n) is 2.26. The van der Waals surface area contributed by atoms with Gasteiger partial charge in [-0.2, -0.15) is 4.39 Å². The van der Waals surface area contributed by atoms with Gasteiger partial charge in [-0.3, -0.25) is 4.79 Å². The maximum Gasteiger partial charge on any atom is 0.216 e. The third-order valence-corrected chi connectivity index (χ3v) is 1.43. The monoisotopic (exact) mass is 169 g/mol. The topological polar surface area (TPSA) is 39.2 Å². The zero-order chi connectivity index (χ0) is 9.14. The van der Waals surface area contributed by atoms with Crippen LogP contribution in [0.15, 0.2) is 12.3 Å². The van der Waals surface area contributed by atoms with Crippen LogP contribution in [0.3, 0.4) is 0 Å². The van der Waals surface area contributed by atoms with Crippen LogP contribution in [0.25, 0.3) is 0 Å². The van der Waals surface area contributed by atoms with Gasteiger partial charge < -0.3 is 4.74 Å². The van der Waals surface area contributed by atoms with E-state index in [0.717, 1.165) is 12.3 Å². The highest BCUT2D eigenvalue weighted by Gasteiger charge is 2.08. The van der Waals surface area contributed by atoms with Gasteiger partial charge in [0.2, 0.25) is 5.95 Å². The van der Waals surface area contributed by atoms with Gasteiger partial charge in [-0.15, -0.1) is 0 Å². The van der Waals surface area contributed by atoms with Crippen LogP contribution in [0.4, 0.5) is 4.39 Å². The van der Waals surface area contributed by atoms with Crippen molar-refractivity contribution in [3.63, 3.8) is 0 Å². The van der Waals surface area contributed by atoms with Crippen LogP contribution >= 0.6 is 0 Å². The molecule has 0 aliphatic heterocycles. The van der Waals surface area contributed by atoms with Gasteiger partial charge in [0.15, 0.2) is 5.78 Å². The van der Waals surface area contributed by atoms with Gasteiger partial charge in [0.1, 0.15) is 5.75 Å². The van der Waals surface area contributed by atoms with Crippen LogP contribution in [0.2, 0.25) is 0 Å². The van der Waals surface area contributed by atoms with E-state index in [-0.39, 0.29) is 11.5 Å². The first-order valence-electron chi connectivity index (χ1n) is 3.35. The van der Waals surface area contributed by atoms with Crippen LogP contribution in [0.5, 0.6) is 5.75 Å². The third kappa shape index (κ3) is 1.58. The van der Waals surface area contributed by atoms with E-state index in [4.69, 9.17) is 4.74 Å². The van der Waals surface area contributed by atoms with Gasteiger partial charge in [-0.1, -0.05) is 0 Å². The first-order chi connectivity index (χ1) is 5.65. The number of ketones is 1. The molecule has 0 aliphatic rings. The first kappa shape index (κ1) is 8.64. The highest BCUT2D eigenvalue weighted by molar-refractivity contribution is 5.96. The van der Waals surface area contributed by atoms with E-state index in [1.54, 1.807) is 0 Å². The number of halogens is 1. The van der Waals surface area contributed by atoms with E-state index < -0.39 is 5.95 Å². The number of Topliss-reactive ketones (excluding diaryl/α,β-unsaturated/α-hetero) is 1. The highest BCUT2D eigenvalue weighted by atomic mass is 19.1. The van der Waals surface area contributed by atoms with Gasteiger partial charge in [0.25, 0.3) is 0 Å². The van der Waals surface area contributed by atoms with Crippen molar-refractivity contribution in [1.82, 2.24) is 4.98 Å². The summed E-state index contributed by atoms with van der Waals surface area (Å²) in [5, 5.41) is 0. The quantitative estimate of drug-likeness (QED) is 0.496. The van der Waals surface area contributed by atoms with Crippen molar-refractivity contribution in [2.24, 2.45) is 0 Å². The molecule has 0 saturated carbocycles. The molecule has 1 heterocycles. The number of rotatable bonds is 2. The maximum atomic E-state index is 12.5. The van der Waals surface area contributed by atoms with Gasteiger partial charge >= 0.3 is 0 Å². The molecular formula is C8H8FNO2. The third-order valence-electron chi connectivity index (χ3n) is 1.43. The summed E-state index contributed by atoms with van der Waals surface area (Å²) in [6.45, 7) is 1.37. The standard InChI is InChI=1S/C8H8FNO2/c1-5(11)6-4-10-8(9)3-7(6)12-2/h3-4H,1-2H3. The molecule has 0 spiro atoms. The normalized spacial score (nSPS) is 9.58. The van der Waals surface area contributed by atoms with E-state index in [9.17, 15) is 9.18 Å². The van der Waals surface area contributed by atoms with Crippen molar-refractivity contribution >= 4 is 5.78 Å². The summed E-state index contributed by atoms with van der Waals surface area (Å²) >= 11 is 0. The van der Waals surface area contributed by atoms with Crippen molar-refractivity contribution in [2.75, 3.05) is 7.11 Å². The summed E-state index contributed by atoms with van der Waals surface area (Å²) in [4.78, 5) is 14.2. The molecule has 0 radical (unpaired) electrons. The Labute approximate surface area is 69.2 Å². The average molecular weight is 169 g/mol. The van der Waals surface area contributed by atoms with Gasteiger partial charge in [-0.25, -0.2) is 4.98 Å². The van der Waals surface area contributed by atoms with Gasteiger partial charge in [0.05, 0.1) is 12.7 Å². The number of ether oxygens (including phenoxy) is 1. The molecule has 0 bridgehead atoms. The summed E-state index contributed by atoms with van der Waals surface area (Å²) in [5.41, 5.74) is 0.291. The van der Waals surface area contributed by atoms with Gasteiger partial charge in [0, 0.05) is 12.3 Å². The SMILES string of the molecule is COc1cc(F)ncc1C(C)=O. The second kappa shape index (κ2) is 3.30. The van der Waals surface area contributed by atoms with Crippen molar-refractivity contribution in [3.8, 4) is 5.75 Å². The summed E-state index contributed by atoms with van der Waals surface area (Å²) in [6, 6.07) is 1.08. The molecule has 0 aromatic carbocycles. The molecule has 1 rings (SSSR count). The summed E-state index contributed by atoms with van der Waals surface area (Å²) in [7, 11) is 1.38. The minimum Gasteiger partial charge on any atom is -0.496 e. The Hall–Kier alpha value is -1.45. The largest absolute Gasteiger partial charge is 0.496 e. The Balaban J connectivity index is 3.20. The Morgan fingerprint density at radius 3 is 2.83 bits per heavy atom. The number of aromatic nitrogens is 1. The fourth-order valence-electron chi connectivity index (χ4n) is 0.846. The summed E-state index contributed by atoms with van der Waals surface area (Å²) in [6.07, 6.45) is 1.16. The van der Waals surface area contributed by atoms with E-state index >= 15 is 0 Å². The molecule has 0 N–H and O–H groups in total. The average Bonchev–Trinajstić information content (AvgIpc) is 2.03. The van der Waals surface area contributed by atoms with E-state index in [2.05, 4.69) is 4.98 Å². The van der Waals surface area contributed by atoms with Gasteiger partial charge in [-0.05, 0) is 6.92 Å². The summed E-state index contributed by atoms with van der Waals surface area (Å²) in [5.74, 6) is -0.633. The summed E-state index contributed by atoms with van der Waals surface area (Å²) < 4.78 is 17.3. The molecule has 0 amide bonds. The number of nitrogens with zero attached hydrogens (tertiary/aromatic N) is 1. The lowest BCUT2D eigenvalue weighted by atomic mass is 10.2. The van der Waals surface area contributed by atoms with Crippen LogP contribution in [-0.4, -0.2) is 17.9 Å². The molecule has 1 aromatic rings. The Bertz CT molecular complexity index is 312. The number of pyridine rings is 1. The first-order valence-corrected chi connectivity index (χ1v) is 3.35. The van der Waals surface area contributed by atoms with Crippen LogP contribution in [-0.2, 0) is 0 Å². The molecule has 12 heavy (non-hydrogen) atoms. The fourth-order valence-corrected chi connectivity index (χ4v) is 0.846. The molecule has 3 nitrogen and oxygen atoms in total.